The number of ether oxygens (including phenoxy) is 4. The van der Waals surface area contributed by atoms with Crippen LogP contribution in [0.2, 0.25) is 0 Å². The van der Waals surface area contributed by atoms with Crippen molar-refractivity contribution in [3.05, 3.63) is 72.3 Å². The van der Waals surface area contributed by atoms with E-state index in [2.05, 4.69) is 5.32 Å². The van der Waals surface area contributed by atoms with Crippen LogP contribution in [0.25, 0.3) is 0 Å². The van der Waals surface area contributed by atoms with Gasteiger partial charge in [0.2, 0.25) is 0 Å². The number of hydrogen-bond acceptors (Lipinski definition) is 5. The number of carbonyl (C=O) groups is 1. The maximum Gasteiger partial charge on any atom is 0.256 e. The lowest BCUT2D eigenvalue weighted by Crippen LogP contribution is -2.13. The first-order valence-electron chi connectivity index (χ1n) is 9.17. The topological polar surface area (TPSA) is 66.0 Å². The van der Waals surface area contributed by atoms with E-state index < -0.39 is 0 Å². The van der Waals surface area contributed by atoms with Gasteiger partial charge in [-0.1, -0.05) is 12.1 Å². The second-order valence-electron chi connectivity index (χ2n) is 6.06. The smallest absolute Gasteiger partial charge is 0.256 e. The van der Waals surface area contributed by atoms with Crippen LogP contribution < -0.4 is 24.3 Å². The fourth-order valence-corrected chi connectivity index (χ4v) is 2.69. The molecular formula is C23H23NO5. The minimum Gasteiger partial charge on any atom is -0.497 e. The monoisotopic (exact) mass is 393 g/mol. The molecule has 0 aliphatic heterocycles. The molecule has 0 aromatic heterocycles. The number of hydrogen-bond donors (Lipinski definition) is 1. The zero-order chi connectivity index (χ0) is 20.6. The maximum absolute atomic E-state index is 12.8. The SMILES string of the molecule is CCOc1ccc(Oc2ccccc2NC(=O)c2cc(OC)cc(OC)c2)cc1. The van der Waals surface area contributed by atoms with Gasteiger partial charge in [-0.3, -0.25) is 4.79 Å². The molecule has 0 radical (unpaired) electrons. The highest BCUT2D eigenvalue weighted by Gasteiger charge is 2.13. The van der Waals surface area contributed by atoms with Gasteiger partial charge in [0.15, 0.2) is 5.75 Å². The van der Waals surface area contributed by atoms with Gasteiger partial charge in [0.25, 0.3) is 5.91 Å². The molecule has 3 aromatic rings. The van der Waals surface area contributed by atoms with E-state index in [1.54, 1.807) is 30.3 Å². The van der Waals surface area contributed by atoms with Crippen molar-refractivity contribution in [3.8, 4) is 28.7 Å². The molecule has 0 atom stereocenters. The highest BCUT2D eigenvalue weighted by atomic mass is 16.5. The van der Waals surface area contributed by atoms with Crippen molar-refractivity contribution in [2.24, 2.45) is 0 Å². The van der Waals surface area contributed by atoms with E-state index >= 15 is 0 Å². The summed E-state index contributed by atoms with van der Waals surface area (Å²) in [6.45, 7) is 2.53. The summed E-state index contributed by atoms with van der Waals surface area (Å²) in [4.78, 5) is 12.8. The second-order valence-corrected chi connectivity index (χ2v) is 6.06. The Morgan fingerprint density at radius 2 is 1.45 bits per heavy atom. The van der Waals surface area contributed by atoms with E-state index in [0.29, 0.717) is 40.9 Å². The summed E-state index contributed by atoms with van der Waals surface area (Å²) in [6, 6.07) is 19.5. The molecule has 0 saturated heterocycles. The van der Waals surface area contributed by atoms with Crippen molar-refractivity contribution in [2.75, 3.05) is 26.1 Å². The number of nitrogens with one attached hydrogen (secondary N) is 1. The maximum atomic E-state index is 12.8. The van der Waals surface area contributed by atoms with Crippen LogP contribution in [0.5, 0.6) is 28.7 Å². The van der Waals surface area contributed by atoms with Crippen LogP contribution in [0.15, 0.2) is 66.7 Å². The molecule has 3 aromatic carbocycles. The molecule has 0 unspecified atom stereocenters. The lowest BCUT2D eigenvalue weighted by molar-refractivity contribution is 0.102. The summed E-state index contributed by atoms with van der Waals surface area (Å²) in [5, 5.41) is 2.88. The number of anilines is 1. The Morgan fingerprint density at radius 1 is 0.828 bits per heavy atom. The molecule has 0 bridgehead atoms. The quantitative estimate of drug-likeness (QED) is 0.573. The molecule has 29 heavy (non-hydrogen) atoms. The first-order chi connectivity index (χ1) is 14.1. The Hall–Kier alpha value is -3.67. The largest absolute Gasteiger partial charge is 0.497 e. The zero-order valence-electron chi connectivity index (χ0n) is 16.6. The Labute approximate surface area is 170 Å². The van der Waals surface area contributed by atoms with E-state index in [-0.39, 0.29) is 5.91 Å². The third-order valence-electron chi connectivity index (χ3n) is 4.11. The van der Waals surface area contributed by atoms with Gasteiger partial charge in [-0.2, -0.15) is 0 Å². The summed E-state index contributed by atoms with van der Waals surface area (Å²) in [5.74, 6) is 2.71. The van der Waals surface area contributed by atoms with Crippen molar-refractivity contribution in [3.63, 3.8) is 0 Å². The van der Waals surface area contributed by atoms with Crippen LogP contribution in [0.1, 0.15) is 17.3 Å². The lowest BCUT2D eigenvalue weighted by atomic mass is 10.1. The Morgan fingerprint density at radius 3 is 2.07 bits per heavy atom. The molecule has 1 amide bonds. The summed E-state index contributed by atoms with van der Waals surface area (Å²) >= 11 is 0. The van der Waals surface area contributed by atoms with E-state index in [0.717, 1.165) is 5.75 Å². The third kappa shape index (κ3) is 5.19. The average Bonchev–Trinajstić information content (AvgIpc) is 2.76. The van der Waals surface area contributed by atoms with Crippen molar-refractivity contribution < 1.29 is 23.7 Å². The molecule has 6 nitrogen and oxygen atoms in total. The lowest BCUT2D eigenvalue weighted by Gasteiger charge is -2.13. The molecule has 1 N–H and O–H groups in total. The van der Waals surface area contributed by atoms with Crippen LogP contribution >= 0.6 is 0 Å². The Kier molecular flexibility index (Phi) is 6.58. The fraction of sp³-hybridized carbons (Fsp3) is 0.174. The fourth-order valence-electron chi connectivity index (χ4n) is 2.69. The van der Waals surface area contributed by atoms with Crippen molar-refractivity contribution in [2.45, 2.75) is 6.92 Å². The van der Waals surface area contributed by atoms with E-state index in [9.17, 15) is 4.79 Å². The van der Waals surface area contributed by atoms with Crippen LogP contribution in [0.3, 0.4) is 0 Å². The van der Waals surface area contributed by atoms with Crippen LogP contribution in [-0.2, 0) is 0 Å². The first kappa shape index (κ1) is 20.1. The normalized spacial score (nSPS) is 10.2. The predicted molar refractivity (Wildman–Crippen MR) is 112 cm³/mol. The third-order valence-corrected chi connectivity index (χ3v) is 4.11. The highest BCUT2D eigenvalue weighted by Crippen LogP contribution is 2.31. The molecule has 0 fully saturated rings. The molecule has 150 valence electrons. The van der Waals surface area contributed by atoms with Gasteiger partial charge < -0.3 is 24.3 Å². The number of amides is 1. The van der Waals surface area contributed by atoms with Crippen molar-refractivity contribution in [1.82, 2.24) is 0 Å². The number of methoxy groups -OCH3 is 2. The number of carbonyl (C=O) groups excluding carboxylic acids is 1. The molecule has 0 heterocycles. The van der Waals surface area contributed by atoms with Crippen molar-refractivity contribution >= 4 is 11.6 Å². The highest BCUT2D eigenvalue weighted by molar-refractivity contribution is 6.05. The molecule has 0 aliphatic rings. The molecule has 3 rings (SSSR count). The Bertz CT molecular complexity index is 947. The van der Waals surface area contributed by atoms with Gasteiger partial charge in [-0.25, -0.2) is 0 Å². The number of para-hydroxylation sites is 2. The second kappa shape index (κ2) is 9.50. The first-order valence-corrected chi connectivity index (χ1v) is 9.17. The summed E-state index contributed by atoms with van der Waals surface area (Å²) < 4.78 is 21.9. The molecule has 0 spiro atoms. The average molecular weight is 393 g/mol. The van der Waals surface area contributed by atoms with Gasteiger partial charge >= 0.3 is 0 Å². The summed E-state index contributed by atoms with van der Waals surface area (Å²) in [5.41, 5.74) is 0.963. The van der Waals surface area contributed by atoms with Gasteiger partial charge in [0.05, 0.1) is 26.5 Å². The van der Waals surface area contributed by atoms with Gasteiger partial charge in [0, 0.05) is 11.6 Å². The van der Waals surface area contributed by atoms with Crippen LogP contribution in [0.4, 0.5) is 5.69 Å². The van der Waals surface area contributed by atoms with E-state index in [1.165, 1.54) is 14.2 Å². The molecule has 0 saturated carbocycles. The van der Waals surface area contributed by atoms with Gasteiger partial charge in [-0.15, -0.1) is 0 Å². The summed E-state index contributed by atoms with van der Waals surface area (Å²) in [7, 11) is 3.08. The van der Waals surface area contributed by atoms with Crippen molar-refractivity contribution in [1.29, 1.82) is 0 Å². The Balaban J connectivity index is 1.79. The zero-order valence-corrected chi connectivity index (χ0v) is 16.6. The number of rotatable bonds is 8. The molecule has 0 aliphatic carbocycles. The summed E-state index contributed by atoms with van der Waals surface area (Å²) in [6.07, 6.45) is 0. The number of benzene rings is 3. The van der Waals surface area contributed by atoms with Crippen LogP contribution in [-0.4, -0.2) is 26.7 Å². The van der Waals surface area contributed by atoms with Crippen LogP contribution in [0, 0.1) is 0 Å². The predicted octanol–water partition coefficient (Wildman–Crippen LogP) is 5.15. The van der Waals surface area contributed by atoms with Gasteiger partial charge in [0.1, 0.15) is 23.0 Å². The van der Waals surface area contributed by atoms with E-state index in [4.69, 9.17) is 18.9 Å². The van der Waals surface area contributed by atoms with Gasteiger partial charge in [-0.05, 0) is 55.5 Å². The van der Waals surface area contributed by atoms with E-state index in [1.807, 2.05) is 43.3 Å². The molecular weight excluding hydrogens is 370 g/mol. The standard InChI is InChI=1S/C23H23NO5/c1-4-28-17-9-11-18(12-10-17)29-22-8-6-5-7-21(22)24-23(25)16-13-19(26-2)15-20(14-16)27-3/h5-15H,4H2,1-3H3,(H,24,25). The minimum absolute atomic E-state index is 0.301. The minimum atomic E-state index is -0.301. The molecule has 6 heteroatoms.